The fraction of sp³-hybridized carbons (Fsp3) is 0.588. The van der Waals surface area contributed by atoms with Crippen molar-refractivity contribution in [3.63, 3.8) is 0 Å². The number of fused-ring (bicyclic) bond motifs is 6. The third-order valence-electron chi connectivity index (χ3n) is 11.8. The number of oxime groups is 1. The summed E-state index contributed by atoms with van der Waals surface area (Å²) in [6, 6.07) is 6.56. The summed E-state index contributed by atoms with van der Waals surface area (Å²) >= 11 is 0. The molecular weight excluding hydrogens is 546 g/mol. The third kappa shape index (κ3) is 4.89. The molecule has 4 aliphatic carbocycles. The summed E-state index contributed by atoms with van der Waals surface area (Å²) < 4.78 is 0. The minimum absolute atomic E-state index is 0.0503. The van der Waals surface area contributed by atoms with Crippen LogP contribution in [-0.2, 0) is 25.6 Å². The number of aliphatic hydroxyl groups is 1. The smallest absolute Gasteiger partial charge is 0.326 e. The maximum atomic E-state index is 12.6. The van der Waals surface area contributed by atoms with Crippen molar-refractivity contribution >= 4 is 34.3 Å². The molecule has 7 atom stereocenters. The molecule has 0 bridgehead atoms. The number of carbonyl (C=O) groups is 3. The standard InChI is InChI=1S/C34H43N3O6/c1-20(38)34(42)15-12-27-25-9-8-22-17-23(10-13-32(22,2)26(25)11-14-33(27,34)3)37-43-19-30(39)36-29(31(40)41)16-21-18-35-28-7-5-4-6-24(21)28/h4-7,17-18,25-27,29,35,42H,8-16,19H2,1-3H3,(H,36,39)(H,40,41)/b37-23+/t25-,26+,27+,29?,32+,33+,34+/m1/s1. The minimum atomic E-state index is -1.20. The van der Waals surface area contributed by atoms with Crippen LogP contribution in [0.15, 0.2) is 47.3 Å². The van der Waals surface area contributed by atoms with Crippen LogP contribution in [0.3, 0.4) is 0 Å². The molecule has 1 amide bonds. The van der Waals surface area contributed by atoms with Crippen LogP contribution in [0.25, 0.3) is 10.9 Å². The largest absolute Gasteiger partial charge is 0.480 e. The number of hydrogen-bond donors (Lipinski definition) is 4. The van der Waals surface area contributed by atoms with Gasteiger partial charge in [0.05, 0.1) is 5.71 Å². The number of aromatic nitrogens is 1. The molecule has 1 unspecified atom stereocenters. The zero-order valence-corrected chi connectivity index (χ0v) is 25.3. The van der Waals surface area contributed by atoms with Crippen LogP contribution in [-0.4, -0.2) is 56.8 Å². The van der Waals surface area contributed by atoms with E-state index in [9.17, 15) is 24.6 Å². The van der Waals surface area contributed by atoms with Gasteiger partial charge >= 0.3 is 5.97 Å². The summed E-state index contributed by atoms with van der Waals surface area (Å²) in [6.45, 7) is 5.71. The highest BCUT2D eigenvalue weighted by Gasteiger charge is 2.65. The maximum Gasteiger partial charge on any atom is 0.326 e. The number of allylic oxidation sites excluding steroid dienone is 2. The van der Waals surface area contributed by atoms with Crippen molar-refractivity contribution in [1.82, 2.24) is 10.3 Å². The van der Waals surface area contributed by atoms with E-state index in [0.29, 0.717) is 24.2 Å². The molecule has 3 saturated carbocycles. The van der Waals surface area contributed by atoms with Gasteiger partial charge in [-0.15, -0.1) is 0 Å². The van der Waals surface area contributed by atoms with Crippen molar-refractivity contribution in [2.45, 2.75) is 90.2 Å². The average Bonchev–Trinajstić information content (AvgIpc) is 3.51. The lowest BCUT2D eigenvalue weighted by molar-refractivity contribution is -0.159. The first-order valence-corrected chi connectivity index (χ1v) is 15.7. The molecule has 43 heavy (non-hydrogen) atoms. The van der Waals surface area contributed by atoms with Crippen LogP contribution in [0, 0.1) is 28.6 Å². The van der Waals surface area contributed by atoms with Gasteiger partial charge in [0.1, 0.15) is 11.6 Å². The van der Waals surface area contributed by atoms with E-state index < -0.39 is 23.5 Å². The summed E-state index contributed by atoms with van der Waals surface area (Å²) in [7, 11) is 0. The predicted octanol–water partition coefficient (Wildman–Crippen LogP) is 4.94. The summed E-state index contributed by atoms with van der Waals surface area (Å²) in [5, 5.41) is 28.9. The molecule has 0 aliphatic heterocycles. The molecule has 4 aliphatic rings. The molecule has 1 aromatic carbocycles. The number of nitrogens with one attached hydrogen (secondary N) is 2. The lowest BCUT2D eigenvalue weighted by atomic mass is 9.46. The number of H-pyrrole nitrogens is 1. The van der Waals surface area contributed by atoms with Crippen LogP contribution in [0.5, 0.6) is 0 Å². The van der Waals surface area contributed by atoms with E-state index in [2.05, 4.69) is 35.4 Å². The number of aliphatic carboxylic acids is 1. The van der Waals surface area contributed by atoms with Crippen molar-refractivity contribution in [2.75, 3.05) is 6.61 Å². The fourth-order valence-electron chi connectivity index (χ4n) is 9.37. The van der Waals surface area contributed by atoms with Crippen LogP contribution in [0.2, 0.25) is 0 Å². The van der Waals surface area contributed by atoms with Gasteiger partial charge in [0.15, 0.2) is 12.4 Å². The number of hydrogen-bond acceptors (Lipinski definition) is 6. The third-order valence-corrected chi connectivity index (χ3v) is 11.8. The van der Waals surface area contributed by atoms with Gasteiger partial charge in [-0.25, -0.2) is 4.79 Å². The highest BCUT2D eigenvalue weighted by Crippen LogP contribution is 2.67. The van der Waals surface area contributed by atoms with Crippen molar-refractivity contribution in [1.29, 1.82) is 0 Å². The summed E-state index contributed by atoms with van der Waals surface area (Å²) in [5.41, 5.74) is 2.42. The number of carboxylic acids is 1. The zero-order valence-electron chi connectivity index (χ0n) is 25.3. The number of nitrogens with zero attached hydrogens (tertiary/aromatic N) is 1. The summed E-state index contributed by atoms with van der Waals surface area (Å²) in [5.74, 6) is -0.349. The van der Waals surface area contributed by atoms with Crippen LogP contribution < -0.4 is 5.32 Å². The molecule has 1 aromatic heterocycles. The first-order valence-electron chi connectivity index (χ1n) is 15.7. The second kappa shape index (κ2) is 10.9. The SMILES string of the molecule is CC(=O)[C@@]1(O)CC[C@H]2[C@@H]3CCC4=C/C(=N/OCC(=O)NC(Cc5c[nH]c6ccccc56)C(=O)O)CC[C@]4(C)[C@H]3CC[C@@]21C. The highest BCUT2D eigenvalue weighted by atomic mass is 16.6. The Morgan fingerprint density at radius 2 is 1.86 bits per heavy atom. The minimum Gasteiger partial charge on any atom is -0.480 e. The predicted molar refractivity (Wildman–Crippen MR) is 162 cm³/mol. The summed E-state index contributed by atoms with van der Waals surface area (Å²) in [6.07, 6.45) is 11.1. The molecule has 0 saturated heterocycles. The lowest BCUT2D eigenvalue weighted by Crippen LogP contribution is -2.57. The maximum absolute atomic E-state index is 12.6. The molecule has 2 aromatic rings. The topological polar surface area (TPSA) is 141 Å². The van der Waals surface area contributed by atoms with Crippen LogP contribution >= 0.6 is 0 Å². The Morgan fingerprint density at radius 1 is 1.09 bits per heavy atom. The van der Waals surface area contributed by atoms with Gasteiger partial charge in [-0.05, 0) is 99.2 Å². The number of carbonyl (C=O) groups excluding carboxylic acids is 2. The van der Waals surface area contributed by atoms with E-state index in [1.807, 2.05) is 24.3 Å². The molecule has 0 spiro atoms. The molecule has 3 fully saturated rings. The molecule has 1 heterocycles. The highest BCUT2D eigenvalue weighted by molar-refractivity contribution is 5.96. The number of ketones is 1. The van der Waals surface area contributed by atoms with Crippen molar-refractivity contribution < 1.29 is 29.4 Å². The second-order valence-corrected chi connectivity index (χ2v) is 13.8. The molecule has 9 heteroatoms. The number of aromatic amines is 1. The fourth-order valence-corrected chi connectivity index (χ4v) is 9.37. The quantitative estimate of drug-likeness (QED) is 0.322. The Balaban J connectivity index is 1.07. The Morgan fingerprint density at radius 3 is 2.63 bits per heavy atom. The lowest BCUT2D eigenvalue weighted by Gasteiger charge is -2.59. The van der Waals surface area contributed by atoms with Crippen LogP contribution in [0.1, 0.15) is 77.7 Å². The van der Waals surface area contributed by atoms with E-state index in [-0.39, 0.29) is 29.6 Å². The van der Waals surface area contributed by atoms with Crippen molar-refractivity contribution in [2.24, 2.45) is 33.7 Å². The second-order valence-electron chi connectivity index (χ2n) is 13.8. The first-order chi connectivity index (χ1) is 20.5. The molecule has 0 radical (unpaired) electrons. The molecule has 230 valence electrons. The van der Waals surface area contributed by atoms with Gasteiger partial charge in [0.25, 0.3) is 5.91 Å². The Hall–Kier alpha value is -3.46. The van der Waals surface area contributed by atoms with Crippen molar-refractivity contribution in [3.05, 3.63) is 47.7 Å². The number of amides is 1. The first kappa shape index (κ1) is 29.6. The van der Waals surface area contributed by atoms with Gasteiger partial charge in [-0.3, -0.25) is 9.59 Å². The number of carboxylic acid groups (broad SMARTS) is 1. The van der Waals surface area contributed by atoms with E-state index in [0.717, 1.165) is 67.1 Å². The molecule has 4 N–H and O–H groups in total. The zero-order chi connectivity index (χ0) is 30.6. The summed E-state index contributed by atoms with van der Waals surface area (Å²) in [4.78, 5) is 45.6. The van der Waals surface area contributed by atoms with Crippen molar-refractivity contribution in [3.8, 4) is 0 Å². The van der Waals surface area contributed by atoms with Gasteiger partial charge in [0, 0.05) is 28.9 Å². The van der Waals surface area contributed by atoms with Crippen LogP contribution in [0.4, 0.5) is 0 Å². The molecular formula is C34H43N3O6. The number of para-hydroxylation sites is 1. The van der Waals surface area contributed by atoms with E-state index in [4.69, 9.17) is 4.84 Å². The van der Waals surface area contributed by atoms with Gasteiger partial charge in [0.2, 0.25) is 0 Å². The monoisotopic (exact) mass is 589 g/mol. The van der Waals surface area contributed by atoms with Gasteiger partial charge in [-0.2, -0.15) is 0 Å². The van der Waals surface area contributed by atoms with E-state index in [1.165, 1.54) is 5.57 Å². The average molecular weight is 590 g/mol. The Kier molecular flexibility index (Phi) is 7.51. The van der Waals surface area contributed by atoms with E-state index >= 15 is 0 Å². The van der Waals surface area contributed by atoms with E-state index in [1.54, 1.807) is 13.1 Å². The Bertz CT molecular complexity index is 1510. The van der Waals surface area contributed by atoms with Gasteiger partial charge in [-0.1, -0.05) is 42.8 Å². The molecule has 9 nitrogen and oxygen atoms in total. The molecule has 6 rings (SSSR count). The number of benzene rings is 1. The number of Topliss-reactive ketones (excluding diaryl/α,β-unsaturated/α-hetero) is 1. The van der Waals surface area contributed by atoms with Gasteiger partial charge < -0.3 is 25.4 Å². The number of rotatable bonds is 8. The normalized spacial score (nSPS) is 34.9. The Labute approximate surface area is 252 Å².